The van der Waals surface area contributed by atoms with Gasteiger partial charge in [-0.05, 0) is 35.7 Å². The molecule has 1 amide bonds. The monoisotopic (exact) mass is 320 g/mol. The SMILES string of the molecule is O=C(Nc1cc(Cl)cc(Cl)c1)[C@H]1Cc2ccccc2CN1. The summed E-state index contributed by atoms with van der Waals surface area (Å²) in [7, 11) is 0. The van der Waals surface area contributed by atoms with Crippen molar-refractivity contribution in [3.8, 4) is 0 Å². The smallest absolute Gasteiger partial charge is 0.241 e. The zero-order valence-electron chi connectivity index (χ0n) is 11.2. The van der Waals surface area contributed by atoms with Crippen LogP contribution in [0.3, 0.4) is 0 Å². The van der Waals surface area contributed by atoms with E-state index < -0.39 is 0 Å². The molecule has 21 heavy (non-hydrogen) atoms. The molecule has 2 N–H and O–H groups in total. The third-order valence-electron chi connectivity index (χ3n) is 3.53. The molecule has 108 valence electrons. The second-order valence-electron chi connectivity index (χ2n) is 5.05. The van der Waals surface area contributed by atoms with Crippen molar-refractivity contribution < 1.29 is 4.79 Å². The fourth-order valence-corrected chi connectivity index (χ4v) is 3.02. The van der Waals surface area contributed by atoms with Gasteiger partial charge in [0.05, 0.1) is 6.04 Å². The number of halogens is 2. The number of carbonyl (C=O) groups is 1. The van der Waals surface area contributed by atoms with Crippen LogP contribution in [0.25, 0.3) is 0 Å². The Morgan fingerprint density at radius 3 is 2.48 bits per heavy atom. The van der Waals surface area contributed by atoms with Crippen molar-refractivity contribution in [3.63, 3.8) is 0 Å². The van der Waals surface area contributed by atoms with Crippen molar-refractivity contribution in [1.82, 2.24) is 5.32 Å². The lowest BCUT2D eigenvalue weighted by Gasteiger charge is -2.25. The van der Waals surface area contributed by atoms with Gasteiger partial charge in [-0.15, -0.1) is 0 Å². The van der Waals surface area contributed by atoms with E-state index in [9.17, 15) is 4.79 Å². The molecule has 2 aromatic rings. The summed E-state index contributed by atoms with van der Waals surface area (Å²) in [6, 6.07) is 12.9. The lowest BCUT2D eigenvalue weighted by Crippen LogP contribution is -2.44. The van der Waals surface area contributed by atoms with Gasteiger partial charge in [0.15, 0.2) is 0 Å². The summed E-state index contributed by atoms with van der Waals surface area (Å²) in [4.78, 5) is 12.3. The fourth-order valence-electron chi connectivity index (χ4n) is 2.50. The predicted octanol–water partition coefficient (Wildman–Crippen LogP) is 3.65. The lowest BCUT2D eigenvalue weighted by molar-refractivity contribution is -0.118. The summed E-state index contributed by atoms with van der Waals surface area (Å²) < 4.78 is 0. The normalized spacial score (nSPS) is 17.1. The van der Waals surface area contributed by atoms with Crippen LogP contribution in [0.4, 0.5) is 5.69 Å². The minimum absolute atomic E-state index is 0.0807. The molecule has 0 radical (unpaired) electrons. The summed E-state index contributed by atoms with van der Waals surface area (Å²) in [6.07, 6.45) is 0.677. The van der Waals surface area contributed by atoms with E-state index in [4.69, 9.17) is 23.2 Å². The first kappa shape index (κ1) is 14.4. The van der Waals surface area contributed by atoms with Gasteiger partial charge in [-0.2, -0.15) is 0 Å². The highest BCUT2D eigenvalue weighted by molar-refractivity contribution is 6.35. The standard InChI is InChI=1S/C16H14Cl2N2O/c17-12-6-13(18)8-14(7-12)20-16(21)15-5-10-3-1-2-4-11(10)9-19-15/h1-4,6-8,15,19H,5,9H2,(H,20,21)/t15-/m1/s1. The first-order valence-electron chi connectivity index (χ1n) is 6.69. The number of anilines is 1. The van der Waals surface area contributed by atoms with Crippen molar-refractivity contribution in [1.29, 1.82) is 0 Å². The highest BCUT2D eigenvalue weighted by Gasteiger charge is 2.23. The van der Waals surface area contributed by atoms with E-state index in [0.717, 1.165) is 0 Å². The van der Waals surface area contributed by atoms with Gasteiger partial charge in [0.1, 0.15) is 0 Å². The van der Waals surface area contributed by atoms with Gasteiger partial charge in [-0.1, -0.05) is 47.5 Å². The molecular weight excluding hydrogens is 307 g/mol. The molecule has 0 bridgehead atoms. The fraction of sp³-hybridized carbons (Fsp3) is 0.188. The van der Waals surface area contributed by atoms with E-state index in [0.29, 0.717) is 28.7 Å². The van der Waals surface area contributed by atoms with E-state index in [1.165, 1.54) is 11.1 Å². The number of carbonyl (C=O) groups excluding carboxylic acids is 1. The average Bonchev–Trinajstić information content (AvgIpc) is 2.45. The number of amides is 1. The second-order valence-corrected chi connectivity index (χ2v) is 5.93. The van der Waals surface area contributed by atoms with Crippen LogP contribution < -0.4 is 10.6 Å². The van der Waals surface area contributed by atoms with E-state index >= 15 is 0 Å². The molecule has 1 aliphatic rings. The Morgan fingerprint density at radius 1 is 1.10 bits per heavy atom. The van der Waals surface area contributed by atoms with Gasteiger partial charge in [0, 0.05) is 22.3 Å². The molecule has 1 aliphatic heterocycles. The molecule has 0 aliphatic carbocycles. The van der Waals surface area contributed by atoms with Gasteiger partial charge in [-0.25, -0.2) is 0 Å². The Kier molecular flexibility index (Phi) is 4.15. The molecule has 0 saturated heterocycles. The number of hydrogen-bond acceptors (Lipinski definition) is 2. The van der Waals surface area contributed by atoms with Crippen LogP contribution in [0.15, 0.2) is 42.5 Å². The minimum atomic E-state index is -0.252. The van der Waals surface area contributed by atoms with Gasteiger partial charge >= 0.3 is 0 Å². The Balaban J connectivity index is 1.72. The predicted molar refractivity (Wildman–Crippen MR) is 85.9 cm³/mol. The molecule has 0 spiro atoms. The number of benzene rings is 2. The average molecular weight is 321 g/mol. The number of hydrogen-bond donors (Lipinski definition) is 2. The Bertz CT molecular complexity index is 667. The molecule has 3 nitrogen and oxygen atoms in total. The van der Waals surface area contributed by atoms with Crippen molar-refractivity contribution in [2.45, 2.75) is 19.0 Å². The van der Waals surface area contributed by atoms with Crippen molar-refractivity contribution in [2.24, 2.45) is 0 Å². The van der Waals surface area contributed by atoms with Crippen LogP contribution in [0, 0.1) is 0 Å². The zero-order chi connectivity index (χ0) is 14.8. The Labute approximate surface area is 133 Å². The number of fused-ring (bicyclic) bond motifs is 1. The first-order chi connectivity index (χ1) is 10.1. The van der Waals surface area contributed by atoms with Crippen molar-refractivity contribution in [2.75, 3.05) is 5.32 Å². The van der Waals surface area contributed by atoms with Crippen molar-refractivity contribution >= 4 is 34.8 Å². The molecule has 0 aromatic heterocycles. The van der Waals surface area contributed by atoms with Gasteiger partial charge in [-0.3, -0.25) is 4.79 Å². The van der Waals surface area contributed by atoms with Crippen LogP contribution in [-0.2, 0) is 17.8 Å². The molecule has 3 rings (SSSR count). The molecule has 2 aromatic carbocycles. The third-order valence-corrected chi connectivity index (χ3v) is 3.96. The van der Waals surface area contributed by atoms with Crippen LogP contribution in [0.1, 0.15) is 11.1 Å². The van der Waals surface area contributed by atoms with E-state index in [1.807, 2.05) is 12.1 Å². The third kappa shape index (κ3) is 3.38. The number of rotatable bonds is 2. The lowest BCUT2D eigenvalue weighted by atomic mass is 9.95. The van der Waals surface area contributed by atoms with E-state index in [-0.39, 0.29) is 11.9 Å². The molecule has 0 saturated carbocycles. The maximum absolute atomic E-state index is 12.3. The molecular formula is C16H14Cl2N2O. The van der Waals surface area contributed by atoms with Gasteiger partial charge in [0.2, 0.25) is 5.91 Å². The van der Waals surface area contributed by atoms with E-state index in [1.54, 1.807) is 18.2 Å². The molecule has 0 fully saturated rings. The summed E-state index contributed by atoms with van der Waals surface area (Å²) in [5.74, 6) is -0.0807. The molecule has 0 unspecified atom stereocenters. The molecule has 1 atom stereocenters. The maximum atomic E-state index is 12.3. The van der Waals surface area contributed by atoms with Crippen LogP contribution >= 0.6 is 23.2 Å². The minimum Gasteiger partial charge on any atom is -0.325 e. The van der Waals surface area contributed by atoms with E-state index in [2.05, 4.69) is 22.8 Å². The zero-order valence-corrected chi connectivity index (χ0v) is 12.7. The molecule has 1 heterocycles. The van der Waals surface area contributed by atoms with Crippen LogP contribution in [0.2, 0.25) is 10.0 Å². The van der Waals surface area contributed by atoms with Crippen LogP contribution in [0.5, 0.6) is 0 Å². The summed E-state index contributed by atoms with van der Waals surface area (Å²) >= 11 is 11.9. The topological polar surface area (TPSA) is 41.1 Å². The molecule has 5 heteroatoms. The van der Waals surface area contributed by atoms with Crippen molar-refractivity contribution in [3.05, 3.63) is 63.6 Å². The highest BCUT2D eigenvalue weighted by atomic mass is 35.5. The number of nitrogens with one attached hydrogen (secondary N) is 2. The van der Waals surface area contributed by atoms with Crippen LogP contribution in [-0.4, -0.2) is 11.9 Å². The highest BCUT2D eigenvalue weighted by Crippen LogP contribution is 2.23. The van der Waals surface area contributed by atoms with Gasteiger partial charge < -0.3 is 10.6 Å². The Morgan fingerprint density at radius 2 is 1.76 bits per heavy atom. The first-order valence-corrected chi connectivity index (χ1v) is 7.44. The van der Waals surface area contributed by atoms with Gasteiger partial charge in [0.25, 0.3) is 0 Å². The maximum Gasteiger partial charge on any atom is 0.241 e. The Hall–Kier alpha value is -1.55. The summed E-state index contributed by atoms with van der Waals surface area (Å²) in [5, 5.41) is 7.10. The quantitative estimate of drug-likeness (QED) is 0.886. The summed E-state index contributed by atoms with van der Waals surface area (Å²) in [6.45, 7) is 0.699. The largest absolute Gasteiger partial charge is 0.325 e. The second kappa shape index (κ2) is 6.06. The summed E-state index contributed by atoms with van der Waals surface area (Å²) in [5.41, 5.74) is 3.06.